The summed E-state index contributed by atoms with van der Waals surface area (Å²) in [5.41, 5.74) is 0. The Hall–Kier alpha value is 0.510. The first-order valence-electron chi connectivity index (χ1n) is 6.44. The van der Waals surface area contributed by atoms with E-state index < -0.39 is 26.7 Å². The van der Waals surface area contributed by atoms with Crippen molar-refractivity contribution in [1.82, 2.24) is 0 Å². The van der Waals surface area contributed by atoms with Gasteiger partial charge in [-0.15, -0.1) is 0 Å². The highest BCUT2D eigenvalue weighted by atomic mass is 35.5. The van der Waals surface area contributed by atoms with E-state index in [2.05, 4.69) is 0 Å². The first-order chi connectivity index (χ1) is 8.79. The van der Waals surface area contributed by atoms with E-state index in [1.807, 2.05) is 14.1 Å². The summed E-state index contributed by atoms with van der Waals surface area (Å²) in [7, 11) is -6.58. The molecule has 1 aliphatic heterocycles. The van der Waals surface area contributed by atoms with Gasteiger partial charge in [0.15, 0.2) is 0 Å². The van der Waals surface area contributed by atoms with Crippen LogP contribution < -0.4 is 12.4 Å². The Bertz CT molecular complexity index is 425. The Morgan fingerprint density at radius 1 is 1.14 bits per heavy atom. The Morgan fingerprint density at radius 3 is 2.00 bits per heavy atom. The molecule has 0 aromatic carbocycles. The topological polar surface area (TPSA) is 135 Å². The number of hydrogen-bond acceptors (Lipinski definition) is 3. The molecule has 8 nitrogen and oxygen atoms in total. The van der Waals surface area contributed by atoms with Crippen LogP contribution in [-0.4, -0.2) is 61.4 Å². The van der Waals surface area contributed by atoms with Crippen LogP contribution in [0.5, 0.6) is 0 Å². The second-order valence-corrected chi connectivity index (χ2v) is 10.3. The number of quaternary nitrogens is 1. The zero-order valence-electron chi connectivity index (χ0n) is 12.1. The maximum absolute atomic E-state index is 11.2. The maximum Gasteiger partial charge on any atom is 0.369 e. The average Bonchev–Trinajstić information content (AvgIpc) is 2.21. The first kappa shape index (κ1) is 21.5. The molecule has 1 aliphatic rings. The van der Waals surface area contributed by atoms with E-state index in [-0.39, 0.29) is 24.7 Å². The van der Waals surface area contributed by atoms with Crippen LogP contribution in [0.3, 0.4) is 0 Å². The molecular formula is C10H24ClNO7P2. The fraction of sp³-hybridized carbons (Fsp3) is 1.00. The van der Waals surface area contributed by atoms with Crippen LogP contribution in [0.25, 0.3) is 0 Å². The third-order valence-electron chi connectivity index (χ3n) is 3.95. The molecule has 0 radical (unpaired) electrons. The molecule has 0 saturated carbocycles. The highest BCUT2D eigenvalue weighted by molar-refractivity contribution is 7.72. The van der Waals surface area contributed by atoms with Crippen molar-refractivity contribution in [3.63, 3.8) is 0 Å². The van der Waals surface area contributed by atoms with Gasteiger partial charge in [0.1, 0.15) is 0 Å². The van der Waals surface area contributed by atoms with Crippen LogP contribution in [0.4, 0.5) is 0 Å². The van der Waals surface area contributed by atoms with Crippen LogP contribution in [-0.2, 0) is 9.13 Å². The molecule has 11 heteroatoms. The minimum Gasteiger partial charge on any atom is -1.00 e. The van der Waals surface area contributed by atoms with E-state index in [9.17, 15) is 14.2 Å². The standard InChI is InChI=1S/C10H23NO7P2.ClH/c1-11(2)7-3-4-9(8-11)5-6-10(12,19(13,14)15)20(16,17)18;/h9,12H,3-8H2,1-2H3,(H3-,13,14,15,16,17,18);1H. The molecule has 0 bridgehead atoms. The SMILES string of the molecule is C[N+]1(C)CCCC(CCC(O)(P(=O)(O)O)P(=O)(O)O)C1.[Cl-]. The van der Waals surface area contributed by atoms with Gasteiger partial charge in [-0.1, -0.05) is 0 Å². The number of aliphatic hydroxyl groups is 1. The van der Waals surface area contributed by atoms with Gasteiger partial charge in [0.2, 0.25) is 0 Å². The zero-order chi connectivity index (χ0) is 15.8. The lowest BCUT2D eigenvalue weighted by atomic mass is 9.92. The summed E-state index contributed by atoms with van der Waals surface area (Å²) in [5, 5.41) is 6.54. The summed E-state index contributed by atoms with van der Waals surface area (Å²) in [6.07, 6.45) is 1.35. The molecule has 1 unspecified atom stereocenters. The van der Waals surface area contributed by atoms with Crippen molar-refractivity contribution >= 4 is 15.2 Å². The van der Waals surface area contributed by atoms with Crippen LogP contribution >= 0.6 is 15.2 Å². The van der Waals surface area contributed by atoms with Crippen LogP contribution in [0, 0.1) is 5.92 Å². The summed E-state index contributed by atoms with van der Waals surface area (Å²) < 4.78 is 23.3. The van der Waals surface area contributed by atoms with Gasteiger partial charge in [-0.25, -0.2) is 0 Å². The highest BCUT2D eigenvalue weighted by Gasteiger charge is 2.59. The number of likely N-dealkylation sites (tertiary alicyclic amines) is 1. The number of nitrogens with zero attached hydrogens (tertiary/aromatic N) is 1. The number of halogens is 1. The quantitative estimate of drug-likeness (QED) is 0.263. The Balaban J connectivity index is 0.00000400. The average molecular weight is 368 g/mol. The smallest absolute Gasteiger partial charge is 0.369 e. The van der Waals surface area contributed by atoms with Crippen molar-refractivity contribution in [3.05, 3.63) is 0 Å². The molecule has 0 amide bonds. The third kappa shape index (κ3) is 5.27. The lowest BCUT2D eigenvalue weighted by Gasteiger charge is -2.39. The van der Waals surface area contributed by atoms with Gasteiger partial charge in [-0.3, -0.25) is 9.13 Å². The third-order valence-corrected chi connectivity index (χ3v) is 7.83. The molecule has 1 heterocycles. The van der Waals surface area contributed by atoms with Crippen molar-refractivity contribution in [2.75, 3.05) is 27.2 Å². The zero-order valence-corrected chi connectivity index (χ0v) is 14.6. The number of hydrogen-bond donors (Lipinski definition) is 5. The molecule has 1 rings (SSSR count). The van der Waals surface area contributed by atoms with E-state index in [1.54, 1.807) is 0 Å². The van der Waals surface area contributed by atoms with Gasteiger partial charge < -0.3 is 41.6 Å². The summed E-state index contributed by atoms with van der Waals surface area (Å²) in [5.74, 6) is 0.0865. The highest BCUT2D eigenvalue weighted by Crippen LogP contribution is 2.69. The molecule has 1 saturated heterocycles. The molecule has 1 fully saturated rings. The van der Waals surface area contributed by atoms with Gasteiger partial charge >= 0.3 is 15.2 Å². The molecule has 1 atom stereocenters. The van der Waals surface area contributed by atoms with Crippen LogP contribution in [0.15, 0.2) is 0 Å². The fourth-order valence-corrected chi connectivity index (χ4v) is 4.98. The molecule has 128 valence electrons. The molecule has 5 N–H and O–H groups in total. The molecular weight excluding hydrogens is 344 g/mol. The van der Waals surface area contributed by atoms with Crippen LogP contribution in [0.1, 0.15) is 25.7 Å². The van der Waals surface area contributed by atoms with E-state index in [0.29, 0.717) is 0 Å². The Kier molecular flexibility index (Phi) is 7.12. The van der Waals surface area contributed by atoms with Crippen molar-refractivity contribution in [2.24, 2.45) is 5.92 Å². The summed E-state index contributed by atoms with van der Waals surface area (Å²) in [6, 6.07) is 0. The lowest BCUT2D eigenvalue weighted by molar-refractivity contribution is -0.898. The van der Waals surface area contributed by atoms with E-state index in [4.69, 9.17) is 19.6 Å². The van der Waals surface area contributed by atoms with Crippen LogP contribution in [0.2, 0.25) is 0 Å². The molecule has 0 aliphatic carbocycles. The minimum atomic E-state index is -5.32. The Labute approximate surface area is 130 Å². The van der Waals surface area contributed by atoms with Gasteiger partial charge in [0.25, 0.3) is 5.08 Å². The molecule has 0 spiro atoms. The lowest BCUT2D eigenvalue weighted by Crippen LogP contribution is -3.00. The van der Waals surface area contributed by atoms with Crippen molar-refractivity contribution in [1.29, 1.82) is 0 Å². The van der Waals surface area contributed by atoms with Crippen molar-refractivity contribution < 1.29 is 50.7 Å². The molecule has 0 aromatic rings. The van der Waals surface area contributed by atoms with E-state index >= 15 is 0 Å². The van der Waals surface area contributed by atoms with Gasteiger partial charge in [-0.2, -0.15) is 0 Å². The Morgan fingerprint density at radius 2 is 1.62 bits per heavy atom. The minimum absolute atomic E-state index is 0. The van der Waals surface area contributed by atoms with E-state index in [0.717, 1.165) is 30.4 Å². The molecule has 0 aromatic heterocycles. The summed E-state index contributed by atoms with van der Waals surface area (Å²) >= 11 is 0. The van der Waals surface area contributed by atoms with Gasteiger partial charge in [0, 0.05) is 12.3 Å². The predicted octanol–water partition coefficient (Wildman–Crippen LogP) is -2.74. The largest absolute Gasteiger partial charge is 1.00 e. The first-order valence-corrected chi connectivity index (χ1v) is 9.67. The predicted molar refractivity (Wildman–Crippen MR) is 72.8 cm³/mol. The number of rotatable bonds is 5. The van der Waals surface area contributed by atoms with Gasteiger partial charge in [-0.05, 0) is 19.3 Å². The summed E-state index contributed by atoms with van der Waals surface area (Å²) in [4.78, 5) is 36.3. The number of piperidine rings is 1. The van der Waals surface area contributed by atoms with Gasteiger partial charge in [0.05, 0.1) is 27.2 Å². The normalized spacial score (nSPS) is 23.5. The second-order valence-electron chi connectivity index (χ2n) is 6.25. The molecule has 21 heavy (non-hydrogen) atoms. The monoisotopic (exact) mass is 367 g/mol. The second kappa shape index (κ2) is 6.95. The van der Waals surface area contributed by atoms with Crippen molar-refractivity contribution in [2.45, 2.75) is 30.8 Å². The van der Waals surface area contributed by atoms with E-state index in [1.165, 1.54) is 0 Å². The fourth-order valence-electron chi connectivity index (χ4n) is 2.78. The van der Waals surface area contributed by atoms with Crippen molar-refractivity contribution in [3.8, 4) is 0 Å². The maximum atomic E-state index is 11.2. The summed E-state index contributed by atoms with van der Waals surface area (Å²) in [6.45, 7) is 1.76.